The van der Waals surface area contributed by atoms with Gasteiger partial charge in [-0.05, 0) is 29.9 Å². The second-order valence-corrected chi connectivity index (χ2v) is 5.35. The van der Waals surface area contributed by atoms with Gasteiger partial charge in [0.1, 0.15) is 0 Å². The van der Waals surface area contributed by atoms with Crippen molar-refractivity contribution in [3.63, 3.8) is 0 Å². The molecule has 1 fully saturated rings. The molecule has 4 heteroatoms. The molecule has 3 rings (SSSR count). The SMILES string of the molecule is COCCN1C(N)=NCC1c1cccc(C2CC2)c1. The first kappa shape index (κ1) is 12.5. The number of guanidine groups is 1. The van der Waals surface area contributed by atoms with Crippen molar-refractivity contribution in [1.82, 2.24) is 4.90 Å². The molecule has 2 N–H and O–H groups in total. The number of hydrogen-bond acceptors (Lipinski definition) is 4. The predicted molar refractivity (Wildman–Crippen MR) is 76.2 cm³/mol. The number of rotatable bonds is 5. The minimum Gasteiger partial charge on any atom is -0.383 e. The third-order valence-electron chi connectivity index (χ3n) is 3.98. The van der Waals surface area contributed by atoms with Crippen molar-refractivity contribution in [2.24, 2.45) is 10.7 Å². The van der Waals surface area contributed by atoms with Crippen molar-refractivity contribution in [3.8, 4) is 0 Å². The van der Waals surface area contributed by atoms with Gasteiger partial charge in [-0.1, -0.05) is 24.3 Å². The Morgan fingerprint density at radius 1 is 1.37 bits per heavy atom. The molecule has 102 valence electrons. The third kappa shape index (κ3) is 2.59. The smallest absolute Gasteiger partial charge is 0.192 e. The molecule has 0 amide bonds. The molecule has 0 aromatic heterocycles. The second-order valence-electron chi connectivity index (χ2n) is 5.35. The first-order valence-corrected chi connectivity index (χ1v) is 6.95. The molecule has 4 nitrogen and oxygen atoms in total. The van der Waals surface area contributed by atoms with Crippen LogP contribution in [0.15, 0.2) is 29.3 Å². The molecule has 2 aliphatic rings. The van der Waals surface area contributed by atoms with Crippen LogP contribution >= 0.6 is 0 Å². The Kier molecular flexibility index (Phi) is 3.42. The summed E-state index contributed by atoms with van der Waals surface area (Å²) in [6.07, 6.45) is 2.67. The molecule has 0 saturated heterocycles. The van der Waals surface area contributed by atoms with E-state index in [4.69, 9.17) is 10.5 Å². The highest BCUT2D eigenvalue weighted by Crippen LogP contribution is 2.41. The van der Waals surface area contributed by atoms with Crippen LogP contribution in [-0.4, -0.2) is 37.7 Å². The lowest BCUT2D eigenvalue weighted by Crippen LogP contribution is -2.38. The van der Waals surface area contributed by atoms with Gasteiger partial charge in [0.25, 0.3) is 0 Å². The first-order chi connectivity index (χ1) is 9.29. The van der Waals surface area contributed by atoms with Gasteiger partial charge in [0.15, 0.2) is 5.96 Å². The Labute approximate surface area is 114 Å². The number of aliphatic imine (C=N–C) groups is 1. The molecule has 1 aromatic rings. The second kappa shape index (κ2) is 5.21. The first-order valence-electron chi connectivity index (χ1n) is 6.95. The summed E-state index contributed by atoms with van der Waals surface area (Å²) in [6, 6.07) is 9.18. The molecule has 1 atom stereocenters. The van der Waals surface area contributed by atoms with Gasteiger partial charge in [0.05, 0.1) is 19.2 Å². The van der Waals surface area contributed by atoms with Gasteiger partial charge >= 0.3 is 0 Å². The van der Waals surface area contributed by atoms with Crippen molar-refractivity contribution in [2.45, 2.75) is 24.8 Å². The largest absolute Gasteiger partial charge is 0.383 e. The Morgan fingerprint density at radius 3 is 2.89 bits per heavy atom. The number of benzene rings is 1. The lowest BCUT2D eigenvalue weighted by molar-refractivity contribution is 0.166. The molecule has 1 aliphatic carbocycles. The van der Waals surface area contributed by atoms with E-state index in [1.54, 1.807) is 7.11 Å². The van der Waals surface area contributed by atoms with Crippen molar-refractivity contribution < 1.29 is 4.74 Å². The highest BCUT2D eigenvalue weighted by molar-refractivity contribution is 5.80. The van der Waals surface area contributed by atoms with Crippen LogP contribution in [0.25, 0.3) is 0 Å². The van der Waals surface area contributed by atoms with Crippen LogP contribution < -0.4 is 5.73 Å². The zero-order valence-electron chi connectivity index (χ0n) is 11.4. The van der Waals surface area contributed by atoms with Gasteiger partial charge in [-0.25, -0.2) is 0 Å². The van der Waals surface area contributed by atoms with E-state index in [-0.39, 0.29) is 6.04 Å². The van der Waals surface area contributed by atoms with Crippen molar-refractivity contribution in [3.05, 3.63) is 35.4 Å². The fraction of sp³-hybridized carbons (Fsp3) is 0.533. The number of hydrogen-bond donors (Lipinski definition) is 1. The molecule has 0 bridgehead atoms. The quantitative estimate of drug-likeness (QED) is 0.878. The van der Waals surface area contributed by atoms with Gasteiger partial charge in [-0.15, -0.1) is 0 Å². The summed E-state index contributed by atoms with van der Waals surface area (Å²) < 4.78 is 5.16. The lowest BCUT2D eigenvalue weighted by Gasteiger charge is -2.26. The fourth-order valence-corrected chi connectivity index (χ4v) is 2.71. The average molecular weight is 259 g/mol. The minimum atomic E-state index is 0.272. The summed E-state index contributed by atoms with van der Waals surface area (Å²) in [5, 5.41) is 0. The number of nitrogens with zero attached hydrogens (tertiary/aromatic N) is 2. The van der Waals surface area contributed by atoms with Crippen molar-refractivity contribution in [2.75, 3.05) is 26.8 Å². The monoisotopic (exact) mass is 259 g/mol. The van der Waals surface area contributed by atoms with E-state index in [0.717, 1.165) is 19.0 Å². The van der Waals surface area contributed by atoms with E-state index < -0.39 is 0 Å². The van der Waals surface area contributed by atoms with Gasteiger partial charge in [0, 0.05) is 13.7 Å². The predicted octanol–water partition coefficient (Wildman–Crippen LogP) is 1.88. The minimum absolute atomic E-state index is 0.272. The van der Waals surface area contributed by atoms with Gasteiger partial charge in [0.2, 0.25) is 0 Å². The molecule has 0 radical (unpaired) electrons. The fourth-order valence-electron chi connectivity index (χ4n) is 2.71. The molecule has 1 aromatic carbocycles. The van der Waals surface area contributed by atoms with E-state index in [0.29, 0.717) is 12.6 Å². The average Bonchev–Trinajstić information content (AvgIpc) is 3.21. The van der Waals surface area contributed by atoms with Crippen molar-refractivity contribution in [1.29, 1.82) is 0 Å². The van der Waals surface area contributed by atoms with Crippen LogP contribution in [-0.2, 0) is 4.74 Å². The summed E-state index contributed by atoms with van der Waals surface area (Å²) in [6.45, 7) is 2.23. The summed E-state index contributed by atoms with van der Waals surface area (Å²) in [4.78, 5) is 6.53. The van der Waals surface area contributed by atoms with Crippen LogP contribution in [0.2, 0.25) is 0 Å². The maximum Gasteiger partial charge on any atom is 0.192 e. The van der Waals surface area contributed by atoms with Crippen LogP contribution in [0.1, 0.15) is 35.9 Å². The van der Waals surface area contributed by atoms with E-state index in [2.05, 4.69) is 34.2 Å². The van der Waals surface area contributed by atoms with Crippen LogP contribution in [0.3, 0.4) is 0 Å². The van der Waals surface area contributed by atoms with Crippen LogP contribution in [0.5, 0.6) is 0 Å². The number of nitrogens with two attached hydrogens (primary N) is 1. The highest BCUT2D eigenvalue weighted by atomic mass is 16.5. The van der Waals surface area contributed by atoms with Crippen LogP contribution in [0, 0.1) is 0 Å². The standard InChI is InChI=1S/C15H21N3O/c1-19-8-7-18-14(10-17-15(18)16)13-4-2-3-12(9-13)11-5-6-11/h2-4,9,11,14H,5-8,10H2,1H3,(H2,16,17). The summed E-state index contributed by atoms with van der Waals surface area (Å²) >= 11 is 0. The molecule has 19 heavy (non-hydrogen) atoms. The van der Waals surface area contributed by atoms with E-state index in [1.165, 1.54) is 24.0 Å². The number of ether oxygens (including phenoxy) is 1. The molecule has 1 saturated carbocycles. The maximum atomic E-state index is 5.98. The highest BCUT2D eigenvalue weighted by Gasteiger charge is 2.29. The number of methoxy groups -OCH3 is 1. The molecule has 1 unspecified atom stereocenters. The Balaban J connectivity index is 1.78. The molecular formula is C15H21N3O. The normalized spacial score (nSPS) is 22.7. The van der Waals surface area contributed by atoms with Gasteiger partial charge in [-0.3, -0.25) is 4.99 Å². The lowest BCUT2D eigenvalue weighted by atomic mass is 10.0. The molecule has 1 heterocycles. The Bertz CT molecular complexity index is 482. The molecular weight excluding hydrogens is 238 g/mol. The topological polar surface area (TPSA) is 50.9 Å². The van der Waals surface area contributed by atoms with Crippen LogP contribution in [0.4, 0.5) is 0 Å². The Hall–Kier alpha value is -1.55. The zero-order chi connectivity index (χ0) is 13.2. The van der Waals surface area contributed by atoms with E-state index >= 15 is 0 Å². The van der Waals surface area contributed by atoms with Gasteiger partial charge in [-0.2, -0.15) is 0 Å². The molecule has 0 spiro atoms. The summed E-state index contributed by atoms with van der Waals surface area (Å²) in [5.41, 5.74) is 8.77. The Morgan fingerprint density at radius 2 is 2.16 bits per heavy atom. The molecule has 1 aliphatic heterocycles. The third-order valence-corrected chi connectivity index (χ3v) is 3.98. The summed E-state index contributed by atoms with van der Waals surface area (Å²) in [5.74, 6) is 1.42. The summed E-state index contributed by atoms with van der Waals surface area (Å²) in [7, 11) is 1.71. The maximum absolute atomic E-state index is 5.98. The van der Waals surface area contributed by atoms with Gasteiger partial charge < -0.3 is 15.4 Å². The van der Waals surface area contributed by atoms with E-state index in [1.807, 2.05) is 0 Å². The van der Waals surface area contributed by atoms with E-state index in [9.17, 15) is 0 Å². The van der Waals surface area contributed by atoms with Crippen molar-refractivity contribution >= 4 is 5.96 Å². The zero-order valence-corrected chi connectivity index (χ0v) is 11.4.